The molecule has 0 aromatic carbocycles. The van der Waals surface area contributed by atoms with Crippen molar-refractivity contribution in [3.63, 3.8) is 0 Å². The second kappa shape index (κ2) is 3.26. The van der Waals surface area contributed by atoms with Crippen LogP contribution in [-0.4, -0.2) is 25.8 Å². The van der Waals surface area contributed by atoms with E-state index in [0.717, 1.165) is 12.8 Å². The Morgan fingerprint density at radius 1 is 1.22 bits per heavy atom. The first-order valence-corrected chi connectivity index (χ1v) is 7.06. The van der Waals surface area contributed by atoms with Crippen LogP contribution >= 0.6 is 0 Å². The van der Waals surface area contributed by atoms with Crippen LogP contribution in [0.2, 0.25) is 0 Å². The molecule has 98 valence electrons. The van der Waals surface area contributed by atoms with E-state index in [1.54, 1.807) is 14.2 Å². The van der Waals surface area contributed by atoms with Gasteiger partial charge in [-0.25, -0.2) is 0 Å². The van der Waals surface area contributed by atoms with Crippen molar-refractivity contribution >= 4 is 5.78 Å². The predicted molar refractivity (Wildman–Crippen MR) is 65.8 cm³/mol. The largest absolute Gasteiger partial charge is 0.347 e. The molecule has 4 atom stereocenters. The third-order valence-electron chi connectivity index (χ3n) is 6.13. The standard InChI is InChI=1S/C15H20O3/c1-17-15(18-2)11-5-6-14(13(15)16)10-4-3-9(7-10)12(14)8-11/h8-11H,3-7H2,1-2H3/t9-,10+,11+,14+/m1/s1. The van der Waals surface area contributed by atoms with Crippen LogP contribution in [-0.2, 0) is 14.3 Å². The van der Waals surface area contributed by atoms with Crippen LogP contribution in [0, 0.1) is 23.2 Å². The zero-order valence-corrected chi connectivity index (χ0v) is 11.1. The van der Waals surface area contributed by atoms with Gasteiger partial charge in [-0.15, -0.1) is 0 Å². The Balaban J connectivity index is 1.91. The molecule has 0 radical (unpaired) electrons. The van der Waals surface area contributed by atoms with Gasteiger partial charge in [0.2, 0.25) is 11.6 Å². The van der Waals surface area contributed by atoms with E-state index in [4.69, 9.17) is 9.47 Å². The van der Waals surface area contributed by atoms with Crippen LogP contribution in [0.4, 0.5) is 0 Å². The molecule has 0 aromatic rings. The fourth-order valence-electron chi connectivity index (χ4n) is 5.41. The zero-order valence-electron chi connectivity index (χ0n) is 11.1. The minimum atomic E-state index is -0.994. The van der Waals surface area contributed by atoms with E-state index in [2.05, 4.69) is 6.08 Å². The number of rotatable bonds is 2. The van der Waals surface area contributed by atoms with Crippen molar-refractivity contribution in [1.82, 2.24) is 0 Å². The Kier molecular flexibility index (Phi) is 2.02. The number of ketones is 1. The molecule has 0 unspecified atom stereocenters. The smallest absolute Gasteiger partial charge is 0.235 e. The molecule has 0 heterocycles. The van der Waals surface area contributed by atoms with Crippen LogP contribution in [0.1, 0.15) is 32.1 Å². The molecule has 1 spiro atoms. The molecule has 0 aliphatic heterocycles. The van der Waals surface area contributed by atoms with E-state index >= 15 is 0 Å². The number of ether oxygens (including phenoxy) is 2. The minimum absolute atomic E-state index is 0.122. The maximum absolute atomic E-state index is 13.1. The highest BCUT2D eigenvalue weighted by molar-refractivity contribution is 5.98. The quantitative estimate of drug-likeness (QED) is 0.555. The summed E-state index contributed by atoms with van der Waals surface area (Å²) in [5.74, 6) is 0.574. The molecule has 5 aliphatic carbocycles. The van der Waals surface area contributed by atoms with Gasteiger partial charge in [0.1, 0.15) is 0 Å². The number of allylic oxidation sites excluding steroid dienone is 1. The topological polar surface area (TPSA) is 35.5 Å². The van der Waals surface area contributed by atoms with Gasteiger partial charge in [-0.3, -0.25) is 4.79 Å². The van der Waals surface area contributed by atoms with Crippen LogP contribution in [0.15, 0.2) is 11.6 Å². The molecular weight excluding hydrogens is 228 g/mol. The molecule has 3 nitrogen and oxygen atoms in total. The number of fused-ring (bicyclic) bond motifs is 4. The van der Waals surface area contributed by atoms with E-state index in [0.29, 0.717) is 11.8 Å². The van der Waals surface area contributed by atoms with E-state index in [1.807, 2.05) is 0 Å². The van der Waals surface area contributed by atoms with Crippen molar-refractivity contribution in [2.24, 2.45) is 23.2 Å². The number of carbonyl (C=O) groups excluding carboxylic acids is 1. The highest BCUT2D eigenvalue weighted by Gasteiger charge is 2.70. The molecular formula is C15H20O3. The summed E-state index contributed by atoms with van der Waals surface area (Å²) >= 11 is 0. The SMILES string of the molecule is COC1(OC)C(=O)[C@]23CC[C@H]1C=C2[C@@H]1CC[C@H]3C1. The van der Waals surface area contributed by atoms with Crippen molar-refractivity contribution in [1.29, 1.82) is 0 Å². The molecule has 0 saturated heterocycles. The fourth-order valence-corrected chi connectivity index (χ4v) is 5.41. The number of carbonyl (C=O) groups is 1. The Bertz CT molecular complexity index is 449. The minimum Gasteiger partial charge on any atom is -0.347 e. The van der Waals surface area contributed by atoms with Gasteiger partial charge in [0.05, 0.1) is 5.41 Å². The Morgan fingerprint density at radius 2 is 2.00 bits per heavy atom. The summed E-state index contributed by atoms with van der Waals surface area (Å²) in [6.07, 6.45) is 8.10. The van der Waals surface area contributed by atoms with Crippen LogP contribution in [0.5, 0.6) is 0 Å². The second-order valence-corrected chi connectivity index (χ2v) is 6.35. The summed E-state index contributed by atoms with van der Waals surface area (Å²) in [4.78, 5) is 13.1. The van der Waals surface area contributed by atoms with Gasteiger partial charge in [0.15, 0.2) is 0 Å². The van der Waals surface area contributed by atoms with E-state index in [-0.39, 0.29) is 17.1 Å². The maximum Gasteiger partial charge on any atom is 0.235 e. The molecule has 3 fully saturated rings. The van der Waals surface area contributed by atoms with Crippen molar-refractivity contribution in [2.45, 2.75) is 37.9 Å². The first kappa shape index (κ1) is 11.2. The average Bonchev–Trinajstić information content (AvgIpc) is 3.01. The van der Waals surface area contributed by atoms with Gasteiger partial charge >= 0.3 is 0 Å². The summed E-state index contributed by atoms with van der Waals surface area (Å²) in [6, 6.07) is 0. The zero-order chi connectivity index (χ0) is 12.5. The maximum atomic E-state index is 13.1. The lowest BCUT2D eigenvalue weighted by Gasteiger charge is -2.54. The first-order chi connectivity index (χ1) is 8.69. The lowest BCUT2D eigenvalue weighted by atomic mass is 9.52. The number of hydrogen-bond acceptors (Lipinski definition) is 3. The summed E-state index contributed by atoms with van der Waals surface area (Å²) < 4.78 is 11.1. The van der Waals surface area contributed by atoms with Gasteiger partial charge < -0.3 is 9.47 Å². The number of methoxy groups -OCH3 is 2. The van der Waals surface area contributed by atoms with Gasteiger partial charge in [-0.05, 0) is 43.9 Å². The van der Waals surface area contributed by atoms with E-state index in [1.165, 1.54) is 24.8 Å². The van der Waals surface area contributed by atoms with Crippen molar-refractivity contribution in [3.8, 4) is 0 Å². The summed E-state index contributed by atoms with van der Waals surface area (Å²) in [5, 5.41) is 0. The molecule has 0 N–H and O–H groups in total. The monoisotopic (exact) mass is 248 g/mol. The van der Waals surface area contributed by atoms with E-state index in [9.17, 15) is 4.79 Å². The summed E-state index contributed by atoms with van der Waals surface area (Å²) in [5.41, 5.74) is 1.23. The van der Waals surface area contributed by atoms with Gasteiger partial charge in [0.25, 0.3) is 0 Å². The molecule has 0 aromatic heterocycles. The van der Waals surface area contributed by atoms with Crippen molar-refractivity contribution in [2.75, 3.05) is 14.2 Å². The summed E-state index contributed by atoms with van der Waals surface area (Å²) in [6.45, 7) is 0. The lowest BCUT2D eigenvalue weighted by molar-refractivity contribution is -0.245. The molecule has 0 amide bonds. The van der Waals surface area contributed by atoms with Crippen molar-refractivity contribution < 1.29 is 14.3 Å². The highest BCUT2D eigenvalue weighted by atomic mass is 16.7. The van der Waals surface area contributed by atoms with Gasteiger partial charge in [-0.1, -0.05) is 11.6 Å². The van der Waals surface area contributed by atoms with Gasteiger partial charge in [-0.2, -0.15) is 0 Å². The predicted octanol–water partition coefficient (Wildman–Crippen LogP) is 2.31. The van der Waals surface area contributed by atoms with E-state index < -0.39 is 5.79 Å². The summed E-state index contributed by atoms with van der Waals surface area (Å²) in [7, 11) is 3.22. The fraction of sp³-hybridized carbons (Fsp3) is 0.800. The van der Waals surface area contributed by atoms with Crippen LogP contribution in [0.3, 0.4) is 0 Å². The molecule has 3 saturated carbocycles. The third kappa shape index (κ3) is 0.925. The van der Waals surface area contributed by atoms with Crippen molar-refractivity contribution in [3.05, 3.63) is 11.6 Å². The Labute approximate surface area is 108 Å². The third-order valence-corrected chi connectivity index (χ3v) is 6.13. The molecule has 3 heteroatoms. The second-order valence-electron chi connectivity index (χ2n) is 6.35. The lowest BCUT2D eigenvalue weighted by Crippen LogP contribution is -2.63. The first-order valence-electron chi connectivity index (χ1n) is 7.06. The number of Topliss-reactive ketones (excluding diaryl/α,β-unsaturated/α-hetero) is 1. The normalized spacial score (nSPS) is 47.3. The average molecular weight is 248 g/mol. The number of hydrogen-bond donors (Lipinski definition) is 0. The highest BCUT2D eigenvalue weighted by Crippen LogP contribution is 2.68. The molecule has 5 rings (SSSR count). The van der Waals surface area contributed by atoms with Crippen LogP contribution < -0.4 is 0 Å². The molecule has 4 bridgehead atoms. The Morgan fingerprint density at radius 3 is 2.72 bits per heavy atom. The van der Waals surface area contributed by atoms with Gasteiger partial charge in [0, 0.05) is 20.1 Å². The van der Waals surface area contributed by atoms with Crippen LogP contribution in [0.25, 0.3) is 0 Å². The molecule has 5 aliphatic rings. The Hall–Kier alpha value is -0.670. The molecule has 18 heavy (non-hydrogen) atoms.